The van der Waals surface area contributed by atoms with Crippen molar-refractivity contribution in [1.29, 1.82) is 0 Å². The van der Waals surface area contributed by atoms with Crippen molar-refractivity contribution >= 4 is 17.4 Å². The average molecular weight is 258 g/mol. The molecular formula is C13H14N4O2. The second-order valence-electron chi connectivity index (χ2n) is 3.77. The van der Waals surface area contributed by atoms with Gasteiger partial charge in [0.15, 0.2) is 11.5 Å². The van der Waals surface area contributed by atoms with E-state index in [4.69, 9.17) is 5.11 Å². The Kier molecular flexibility index (Phi) is 4.41. The molecule has 0 aliphatic rings. The van der Waals surface area contributed by atoms with Gasteiger partial charge in [-0.3, -0.25) is 4.79 Å². The molecule has 1 aromatic heterocycles. The van der Waals surface area contributed by atoms with Gasteiger partial charge in [0.05, 0.1) is 6.61 Å². The molecule has 0 saturated carbocycles. The molecule has 98 valence electrons. The van der Waals surface area contributed by atoms with Gasteiger partial charge in [-0.1, -0.05) is 18.2 Å². The zero-order chi connectivity index (χ0) is 13.5. The average Bonchev–Trinajstić information content (AvgIpc) is 2.46. The largest absolute Gasteiger partial charge is 0.395 e. The Balaban J connectivity index is 2.00. The molecule has 0 fully saturated rings. The maximum Gasteiger partial charge on any atom is 0.271 e. The van der Waals surface area contributed by atoms with Crippen molar-refractivity contribution in [2.45, 2.75) is 0 Å². The molecule has 1 heterocycles. The summed E-state index contributed by atoms with van der Waals surface area (Å²) in [5.74, 6) is 0.206. The third-order valence-electron chi connectivity index (χ3n) is 2.34. The van der Waals surface area contributed by atoms with Crippen molar-refractivity contribution in [1.82, 2.24) is 15.5 Å². The number of carbonyl (C=O) groups is 1. The van der Waals surface area contributed by atoms with Gasteiger partial charge >= 0.3 is 0 Å². The summed E-state index contributed by atoms with van der Waals surface area (Å²) in [4.78, 5) is 11.5. The number of anilines is 2. The molecule has 2 aromatic rings. The smallest absolute Gasteiger partial charge is 0.271 e. The van der Waals surface area contributed by atoms with Crippen LogP contribution < -0.4 is 10.6 Å². The van der Waals surface area contributed by atoms with Crippen LogP contribution in [0.25, 0.3) is 0 Å². The van der Waals surface area contributed by atoms with Crippen molar-refractivity contribution in [3.8, 4) is 0 Å². The second kappa shape index (κ2) is 6.46. The normalized spacial score (nSPS) is 9.95. The topological polar surface area (TPSA) is 87.1 Å². The minimum atomic E-state index is -0.354. The lowest BCUT2D eigenvalue weighted by Gasteiger charge is -2.05. The lowest BCUT2D eigenvalue weighted by Crippen LogP contribution is -2.27. The minimum Gasteiger partial charge on any atom is -0.395 e. The van der Waals surface area contributed by atoms with Crippen molar-refractivity contribution < 1.29 is 9.90 Å². The fraction of sp³-hybridized carbons (Fsp3) is 0.154. The summed E-state index contributed by atoms with van der Waals surface area (Å²) in [5, 5.41) is 21.9. The Morgan fingerprint density at radius 2 is 1.89 bits per heavy atom. The number of nitrogens with zero attached hydrogens (tertiary/aromatic N) is 2. The monoisotopic (exact) mass is 258 g/mol. The highest BCUT2D eigenvalue weighted by Crippen LogP contribution is 2.12. The molecule has 0 aliphatic carbocycles. The number of hydrogen-bond acceptors (Lipinski definition) is 5. The lowest BCUT2D eigenvalue weighted by molar-refractivity contribution is 0.0939. The van der Waals surface area contributed by atoms with E-state index in [1.54, 1.807) is 12.1 Å². The molecule has 0 atom stereocenters. The predicted octanol–water partition coefficient (Wildman–Crippen LogP) is 0.942. The first-order valence-electron chi connectivity index (χ1n) is 5.84. The van der Waals surface area contributed by atoms with E-state index in [9.17, 15) is 4.79 Å². The summed E-state index contributed by atoms with van der Waals surface area (Å²) in [6.45, 7) is 0.0946. The highest BCUT2D eigenvalue weighted by molar-refractivity contribution is 5.92. The zero-order valence-corrected chi connectivity index (χ0v) is 10.2. The van der Waals surface area contributed by atoms with Crippen LogP contribution in [0.3, 0.4) is 0 Å². The number of rotatable bonds is 5. The Bertz CT molecular complexity index is 528. The molecule has 1 amide bonds. The van der Waals surface area contributed by atoms with Crippen LogP contribution in [0.2, 0.25) is 0 Å². The summed E-state index contributed by atoms with van der Waals surface area (Å²) < 4.78 is 0. The van der Waals surface area contributed by atoms with Gasteiger partial charge in [-0.15, -0.1) is 10.2 Å². The standard InChI is InChI=1S/C13H14N4O2/c18-9-8-14-13(19)11-6-7-12(17-16-11)15-10-4-2-1-3-5-10/h1-7,18H,8-9H2,(H,14,19)(H,15,17). The van der Waals surface area contributed by atoms with Crippen molar-refractivity contribution in [2.75, 3.05) is 18.5 Å². The quantitative estimate of drug-likeness (QED) is 0.743. The molecule has 3 N–H and O–H groups in total. The number of nitrogens with one attached hydrogen (secondary N) is 2. The van der Waals surface area contributed by atoms with Crippen LogP contribution in [0.1, 0.15) is 10.5 Å². The minimum absolute atomic E-state index is 0.104. The number of aliphatic hydroxyl groups is 1. The van der Waals surface area contributed by atoms with Gasteiger partial charge in [0, 0.05) is 12.2 Å². The molecule has 6 heteroatoms. The van der Waals surface area contributed by atoms with Crippen LogP contribution in [-0.4, -0.2) is 34.4 Å². The number of benzene rings is 1. The predicted molar refractivity (Wildman–Crippen MR) is 71.2 cm³/mol. The molecule has 0 spiro atoms. The van der Waals surface area contributed by atoms with E-state index in [1.807, 2.05) is 30.3 Å². The Morgan fingerprint density at radius 3 is 2.53 bits per heavy atom. The Labute approximate surface area is 110 Å². The Morgan fingerprint density at radius 1 is 1.11 bits per heavy atom. The molecule has 0 bridgehead atoms. The fourth-order valence-electron chi connectivity index (χ4n) is 1.45. The van der Waals surface area contributed by atoms with E-state index < -0.39 is 0 Å². The van der Waals surface area contributed by atoms with Gasteiger partial charge in [-0.25, -0.2) is 0 Å². The molecule has 0 unspecified atom stereocenters. The first-order valence-corrected chi connectivity index (χ1v) is 5.84. The maximum atomic E-state index is 11.5. The van der Waals surface area contributed by atoms with Gasteiger partial charge in [-0.2, -0.15) is 0 Å². The van der Waals surface area contributed by atoms with E-state index in [-0.39, 0.29) is 24.8 Å². The summed E-state index contributed by atoms with van der Waals surface area (Å²) in [6, 6.07) is 12.8. The number of aliphatic hydroxyl groups excluding tert-OH is 1. The van der Waals surface area contributed by atoms with Crippen LogP contribution in [0.5, 0.6) is 0 Å². The molecule has 0 saturated heterocycles. The van der Waals surface area contributed by atoms with Crippen LogP contribution in [0.15, 0.2) is 42.5 Å². The van der Waals surface area contributed by atoms with Gasteiger partial charge in [-0.05, 0) is 24.3 Å². The van der Waals surface area contributed by atoms with Gasteiger partial charge < -0.3 is 15.7 Å². The van der Waals surface area contributed by atoms with Crippen molar-refractivity contribution in [3.63, 3.8) is 0 Å². The number of hydrogen-bond donors (Lipinski definition) is 3. The number of amides is 1. The summed E-state index contributed by atoms with van der Waals surface area (Å²) >= 11 is 0. The third-order valence-corrected chi connectivity index (χ3v) is 2.34. The van der Waals surface area contributed by atoms with Crippen LogP contribution in [0, 0.1) is 0 Å². The Hall–Kier alpha value is -2.47. The van der Waals surface area contributed by atoms with E-state index in [0.29, 0.717) is 5.82 Å². The van der Waals surface area contributed by atoms with Gasteiger partial charge in [0.1, 0.15) is 0 Å². The van der Waals surface area contributed by atoms with E-state index in [2.05, 4.69) is 20.8 Å². The highest BCUT2D eigenvalue weighted by Gasteiger charge is 2.07. The van der Waals surface area contributed by atoms with Gasteiger partial charge in [0.25, 0.3) is 5.91 Å². The molecule has 19 heavy (non-hydrogen) atoms. The van der Waals surface area contributed by atoms with Gasteiger partial charge in [0.2, 0.25) is 0 Å². The van der Waals surface area contributed by atoms with E-state index >= 15 is 0 Å². The molecule has 0 radical (unpaired) electrons. The zero-order valence-electron chi connectivity index (χ0n) is 10.2. The highest BCUT2D eigenvalue weighted by atomic mass is 16.3. The molecule has 1 aromatic carbocycles. The van der Waals surface area contributed by atoms with Crippen molar-refractivity contribution in [2.24, 2.45) is 0 Å². The maximum absolute atomic E-state index is 11.5. The molecule has 6 nitrogen and oxygen atoms in total. The van der Waals surface area contributed by atoms with Crippen LogP contribution in [0.4, 0.5) is 11.5 Å². The number of aromatic nitrogens is 2. The van der Waals surface area contributed by atoms with E-state index in [0.717, 1.165) is 5.69 Å². The number of para-hydroxylation sites is 1. The summed E-state index contributed by atoms with van der Waals surface area (Å²) in [6.07, 6.45) is 0. The first kappa shape index (κ1) is 13.0. The van der Waals surface area contributed by atoms with E-state index in [1.165, 1.54) is 0 Å². The molecule has 0 aliphatic heterocycles. The SMILES string of the molecule is O=C(NCCO)c1ccc(Nc2ccccc2)nn1. The van der Waals surface area contributed by atoms with Crippen molar-refractivity contribution in [3.05, 3.63) is 48.2 Å². The molecule has 2 rings (SSSR count). The second-order valence-corrected chi connectivity index (χ2v) is 3.77. The summed E-state index contributed by atoms with van der Waals surface area (Å²) in [7, 11) is 0. The number of carbonyl (C=O) groups excluding carboxylic acids is 1. The van der Waals surface area contributed by atoms with Crippen LogP contribution in [-0.2, 0) is 0 Å². The third kappa shape index (κ3) is 3.75. The first-order chi connectivity index (χ1) is 9.29. The molecular weight excluding hydrogens is 244 g/mol. The fourth-order valence-corrected chi connectivity index (χ4v) is 1.45. The van der Waals surface area contributed by atoms with Crippen LogP contribution >= 0.6 is 0 Å². The lowest BCUT2D eigenvalue weighted by atomic mass is 10.3. The summed E-state index contributed by atoms with van der Waals surface area (Å²) in [5.41, 5.74) is 1.11.